The summed E-state index contributed by atoms with van der Waals surface area (Å²) < 4.78 is 26.7. The van der Waals surface area contributed by atoms with Crippen LogP contribution in [0.25, 0.3) is 6.08 Å². The normalized spacial score (nSPS) is 19.7. The van der Waals surface area contributed by atoms with Crippen LogP contribution in [0.15, 0.2) is 35.7 Å². The summed E-state index contributed by atoms with van der Waals surface area (Å²) in [7, 11) is -2.14. The number of carbonyl (C=O) groups excluding carboxylic acids is 2. The van der Waals surface area contributed by atoms with Crippen molar-refractivity contribution >= 4 is 57.1 Å². The molecule has 0 aliphatic carbocycles. The summed E-state index contributed by atoms with van der Waals surface area (Å²) in [5.41, 5.74) is 3.12. The number of halogens is 1. The Hall–Kier alpha value is -2.24. The highest BCUT2D eigenvalue weighted by Crippen LogP contribution is 2.30. The van der Waals surface area contributed by atoms with Crippen molar-refractivity contribution in [3.8, 4) is 0 Å². The van der Waals surface area contributed by atoms with Gasteiger partial charge in [0.2, 0.25) is 5.91 Å². The van der Waals surface area contributed by atoms with Gasteiger partial charge in [0, 0.05) is 30.2 Å². The van der Waals surface area contributed by atoms with E-state index >= 15 is 0 Å². The van der Waals surface area contributed by atoms with Crippen LogP contribution in [0.4, 0.5) is 5.69 Å². The zero-order chi connectivity index (χ0) is 22.9. The highest BCUT2D eigenvalue weighted by Gasteiger charge is 2.43. The predicted molar refractivity (Wildman–Crippen MR) is 124 cm³/mol. The predicted octanol–water partition coefficient (Wildman–Crippen LogP) is 2.89. The number of benzene rings is 1. The molecule has 8 nitrogen and oxygen atoms in total. The van der Waals surface area contributed by atoms with Gasteiger partial charge in [0.25, 0.3) is 10.0 Å². The van der Waals surface area contributed by atoms with Crippen LogP contribution >= 0.6 is 22.9 Å². The molecule has 2 aliphatic heterocycles. The van der Waals surface area contributed by atoms with Crippen LogP contribution in [0.2, 0.25) is 4.34 Å². The lowest BCUT2D eigenvalue weighted by Crippen LogP contribution is -2.44. The van der Waals surface area contributed by atoms with Crippen molar-refractivity contribution in [1.29, 1.82) is 0 Å². The van der Waals surface area contributed by atoms with Gasteiger partial charge >= 0.3 is 6.47 Å². The fourth-order valence-electron chi connectivity index (χ4n) is 3.95. The Bertz CT molecular complexity index is 1160. The lowest BCUT2D eigenvalue weighted by molar-refractivity contribution is -0.160. The van der Waals surface area contributed by atoms with Gasteiger partial charge in [-0.05, 0) is 65.8 Å². The minimum Gasteiger partial charge on any atom is -0.355 e. The summed E-state index contributed by atoms with van der Waals surface area (Å²) in [6.07, 6.45) is 2.44. The number of amides is 1. The summed E-state index contributed by atoms with van der Waals surface area (Å²) in [6.45, 7) is 2.13. The summed E-state index contributed by atoms with van der Waals surface area (Å²) in [4.78, 5) is 33.4. The van der Waals surface area contributed by atoms with Crippen molar-refractivity contribution in [1.82, 2.24) is 9.37 Å². The van der Waals surface area contributed by atoms with E-state index in [1.54, 1.807) is 17.0 Å². The highest BCUT2D eigenvalue weighted by molar-refractivity contribution is 7.92. The van der Waals surface area contributed by atoms with E-state index in [1.807, 2.05) is 18.2 Å². The Morgan fingerprint density at radius 2 is 2.03 bits per heavy atom. The lowest BCUT2D eigenvalue weighted by Gasteiger charge is -2.27. The van der Waals surface area contributed by atoms with Gasteiger partial charge < -0.3 is 14.6 Å². The van der Waals surface area contributed by atoms with Crippen molar-refractivity contribution in [2.45, 2.75) is 25.4 Å². The molecule has 0 saturated carbocycles. The first-order valence-electron chi connectivity index (χ1n) is 9.98. The number of sulfonamides is 1. The number of carbonyl (C=O) groups is 2. The van der Waals surface area contributed by atoms with Gasteiger partial charge in [-0.3, -0.25) is 9.59 Å². The molecule has 1 aromatic carbocycles. The van der Waals surface area contributed by atoms with Crippen LogP contribution in [-0.4, -0.2) is 56.3 Å². The molecule has 170 valence electrons. The number of fused-ring (bicyclic) bond motifs is 1. The van der Waals surface area contributed by atoms with Gasteiger partial charge in [-0.15, -0.1) is 11.3 Å². The number of anilines is 1. The summed E-state index contributed by atoms with van der Waals surface area (Å²) in [6, 6.07) is 8.05. The lowest BCUT2D eigenvalue weighted by atomic mass is 9.99. The average Bonchev–Trinajstić information content (AvgIpc) is 3.35. The fraction of sp³-hybridized carbons (Fsp3) is 0.333. The smallest absolute Gasteiger partial charge is 0.314 e. The third-order valence-corrected chi connectivity index (χ3v) is 8.05. The molecule has 32 heavy (non-hydrogen) atoms. The molecule has 0 bridgehead atoms. The molecular weight excluding hydrogens is 474 g/mol. The average molecular weight is 496 g/mol. The monoisotopic (exact) mass is 495 g/mol. The number of thiophene rings is 1. The van der Waals surface area contributed by atoms with Crippen molar-refractivity contribution in [2.75, 3.05) is 25.0 Å². The van der Waals surface area contributed by atoms with E-state index in [2.05, 4.69) is 11.9 Å². The molecule has 1 fully saturated rings. The maximum atomic E-state index is 13.1. The molecule has 2 aromatic rings. The molecule has 11 heteroatoms. The number of likely N-dealkylation sites (N-methyl/N-ethyl adjacent to an activating group) is 1. The molecule has 1 atom stereocenters. The second kappa shape index (κ2) is 9.32. The number of rotatable bonds is 7. The van der Waals surface area contributed by atoms with Crippen molar-refractivity contribution < 1.29 is 22.8 Å². The third-order valence-electron chi connectivity index (χ3n) is 5.53. The number of hydroxylamine groups is 1. The van der Waals surface area contributed by atoms with E-state index in [1.165, 1.54) is 28.5 Å². The van der Waals surface area contributed by atoms with Crippen molar-refractivity contribution in [3.05, 3.63) is 56.1 Å². The van der Waals surface area contributed by atoms with Gasteiger partial charge in [-0.25, -0.2) is 8.42 Å². The molecule has 3 heterocycles. The quantitative estimate of drug-likeness (QED) is 0.433. The largest absolute Gasteiger partial charge is 0.355 e. The summed E-state index contributed by atoms with van der Waals surface area (Å²) in [5.74, 6) is -0.434. The molecule has 0 N–H and O–H groups in total. The van der Waals surface area contributed by atoms with Gasteiger partial charge in [-0.1, -0.05) is 17.7 Å². The molecule has 2 aliphatic rings. The molecule has 1 saturated heterocycles. The van der Waals surface area contributed by atoms with Gasteiger partial charge in [0.15, 0.2) is 0 Å². The number of hydrogen-bond donors (Lipinski definition) is 0. The summed E-state index contributed by atoms with van der Waals surface area (Å²) >= 11 is 7.07. The zero-order valence-corrected chi connectivity index (χ0v) is 19.7. The Morgan fingerprint density at radius 1 is 1.22 bits per heavy atom. The number of nitrogens with zero attached hydrogens (tertiary/aromatic N) is 3. The van der Waals surface area contributed by atoms with E-state index in [0.717, 1.165) is 24.9 Å². The molecule has 0 spiro atoms. The molecule has 1 aromatic heterocycles. The second-order valence-corrected chi connectivity index (χ2v) is 11.1. The molecule has 0 unspecified atom stereocenters. The topological polar surface area (TPSA) is 87.2 Å². The minimum absolute atomic E-state index is 0.0126. The Labute approximate surface area is 195 Å². The van der Waals surface area contributed by atoms with E-state index in [0.29, 0.717) is 25.9 Å². The Morgan fingerprint density at radius 3 is 2.75 bits per heavy atom. The Kier molecular flexibility index (Phi) is 6.68. The van der Waals surface area contributed by atoms with E-state index in [4.69, 9.17) is 16.4 Å². The SMILES string of the molecule is CN1CCc2cc(N3CC[C@H](N(OC=O)S(=O)(=O)/C=C/c4ccc(Cl)s4)C3=O)ccc2C1. The second-order valence-electron chi connectivity index (χ2n) is 7.68. The van der Waals surface area contributed by atoms with Gasteiger partial charge in [-0.2, -0.15) is 0 Å². The van der Waals surface area contributed by atoms with Crippen LogP contribution in [0.1, 0.15) is 22.4 Å². The molecule has 0 radical (unpaired) electrons. The fourth-order valence-corrected chi connectivity index (χ4v) is 6.14. The first kappa shape index (κ1) is 22.9. The van der Waals surface area contributed by atoms with Crippen LogP contribution in [0, 0.1) is 0 Å². The van der Waals surface area contributed by atoms with Crippen LogP contribution in [0.5, 0.6) is 0 Å². The first-order chi connectivity index (χ1) is 15.3. The maximum Gasteiger partial charge on any atom is 0.314 e. The number of hydrogen-bond acceptors (Lipinski definition) is 7. The first-order valence-corrected chi connectivity index (χ1v) is 12.7. The highest BCUT2D eigenvalue weighted by atomic mass is 35.5. The van der Waals surface area contributed by atoms with E-state index < -0.39 is 22.0 Å². The van der Waals surface area contributed by atoms with Gasteiger partial charge in [0.1, 0.15) is 6.04 Å². The zero-order valence-electron chi connectivity index (χ0n) is 17.3. The van der Waals surface area contributed by atoms with Crippen LogP contribution in [0.3, 0.4) is 0 Å². The molecule has 4 rings (SSSR count). The van der Waals surface area contributed by atoms with Gasteiger partial charge in [0.05, 0.1) is 9.74 Å². The van der Waals surface area contributed by atoms with Crippen molar-refractivity contribution in [2.24, 2.45) is 0 Å². The Balaban J connectivity index is 1.55. The van der Waals surface area contributed by atoms with E-state index in [-0.39, 0.29) is 12.9 Å². The van der Waals surface area contributed by atoms with Crippen LogP contribution < -0.4 is 4.90 Å². The van der Waals surface area contributed by atoms with E-state index in [9.17, 15) is 18.0 Å². The maximum absolute atomic E-state index is 13.1. The van der Waals surface area contributed by atoms with Crippen molar-refractivity contribution in [3.63, 3.8) is 0 Å². The third kappa shape index (κ3) is 4.74. The molecule has 1 amide bonds. The molecular formula is C21H22ClN3O5S2. The minimum atomic E-state index is -4.21. The summed E-state index contributed by atoms with van der Waals surface area (Å²) in [5, 5.41) is 0.907. The van der Waals surface area contributed by atoms with Crippen LogP contribution in [-0.2, 0) is 37.4 Å². The standard InChI is InChI=1S/C21H22ClN3O5S2/c1-23-9-6-15-12-17(3-2-16(15)13-23)24-10-7-19(21(24)27)25(30-14-26)32(28,29)11-8-18-4-5-20(22)31-18/h2-5,8,11-12,14,19H,6-7,9-10,13H2,1H3/b11-8+/t19-/m0/s1.